The number of urea groups is 1. The molecule has 0 aromatic carbocycles. The number of ether oxygens (including phenoxy) is 1. The highest BCUT2D eigenvalue weighted by molar-refractivity contribution is 8.00. The molecular formula is C10H17N3O4S. The summed E-state index contributed by atoms with van der Waals surface area (Å²) < 4.78 is 4.74. The Balaban J connectivity index is 2.23. The van der Waals surface area contributed by atoms with E-state index in [1.807, 2.05) is 0 Å². The first-order valence-electron chi connectivity index (χ1n) is 5.64. The molecule has 0 aliphatic carbocycles. The second kappa shape index (κ2) is 7.22. The van der Waals surface area contributed by atoms with Gasteiger partial charge in [-0.15, -0.1) is 11.8 Å². The minimum absolute atomic E-state index is 0.126. The molecule has 1 aliphatic rings. The van der Waals surface area contributed by atoms with Gasteiger partial charge >= 0.3 is 12.0 Å². The monoisotopic (exact) mass is 275 g/mol. The van der Waals surface area contributed by atoms with Gasteiger partial charge in [-0.3, -0.25) is 14.5 Å². The van der Waals surface area contributed by atoms with Gasteiger partial charge < -0.3 is 15.8 Å². The van der Waals surface area contributed by atoms with Crippen LogP contribution in [0.15, 0.2) is 0 Å². The summed E-state index contributed by atoms with van der Waals surface area (Å²) in [5.41, 5.74) is 5.57. The Morgan fingerprint density at radius 3 is 2.89 bits per heavy atom. The minimum atomic E-state index is -0.741. The Hall–Kier alpha value is -1.28. The molecule has 1 saturated heterocycles. The van der Waals surface area contributed by atoms with Crippen LogP contribution in [0.5, 0.6) is 0 Å². The molecule has 0 saturated carbocycles. The van der Waals surface area contributed by atoms with Crippen LogP contribution in [-0.4, -0.2) is 60.1 Å². The zero-order valence-corrected chi connectivity index (χ0v) is 11.0. The van der Waals surface area contributed by atoms with Crippen LogP contribution < -0.4 is 11.1 Å². The van der Waals surface area contributed by atoms with Crippen molar-refractivity contribution in [2.45, 2.75) is 13.0 Å². The van der Waals surface area contributed by atoms with Gasteiger partial charge in [-0.1, -0.05) is 0 Å². The summed E-state index contributed by atoms with van der Waals surface area (Å²) in [6.07, 6.45) is 0. The normalized spacial score (nSPS) is 16.3. The number of hydrogen-bond acceptors (Lipinski definition) is 6. The molecule has 18 heavy (non-hydrogen) atoms. The molecule has 3 N–H and O–H groups in total. The first kappa shape index (κ1) is 14.8. The third kappa shape index (κ3) is 4.19. The predicted molar refractivity (Wildman–Crippen MR) is 67.0 cm³/mol. The topological polar surface area (TPSA) is 102 Å². The van der Waals surface area contributed by atoms with Crippen molar-refractivity contribution < 1.29 is 19.1 Å². The number of carbonyl (C=O) groups excluding carboxylic acids is 3. The number of nitrogens with two attached hydrogens (primary N) is 1. The Morgan fingerprint density at radius 2 is 2.33 bits per heavy atom. The molecule has 1 fully saturated rings. The van der Waals surface area contributed by atoms with Gasteiger partial charge in [0.25, 0.3) is 0 Å². The molecule has 0 aromatic rings. The molecule has 1 aliphatic heterocycles. The van der Waals surface area contributed by atoms with E-state index in [0.717, 1.165) is 4.90 Å². The van der Waals surface area contributed by atoms with Crippen molar-refractivity contribution >= 4 is 29.7 Å². The van der Waals surface area contributed by atoms with Crippen LogP contribution in [0.3, 0.4) is 0 Å². The first-order valence-corrected chi connectivity index (χ1v) is 6.80. The molecule has 8 heteroatoms. The van der Waals surface area contributed by atoms with Crippen molar-refractivity contribution in [1.29, 1.82) is 0 Å². The van der Waals surface area contributed by atoms with Crippen molar-refractivity contribution in [3.8, 4) is 0 Å². The molecule has 1 heterocycles. The zero-order valence-electron chi connectivity index (χ0n) is 10.2. The summed E-state index contributed by atoms with van der Waals surface area (Å²) in [5, 5.41) is 2.54. The number of amides is 3. The zero-order chi connectivity index (χ0) is 13.5. The van der Waals surface area contributed by atoms with Crippen LogP contribution in [0.1, 0.15) is 6.92 Å². The smallest absolute Gasteiger partial charge is 0.324 e. The predicted octanol–water partition coefficient (Wildman–Crippen LogP) is -0.838. The van der Waals surface area contributed by atoms with E-state index < -0.39 is 12.0 Å². The minimum Gasteiger partial charge on any atom is -0.465 e. The molecule has 7 nitrogen and oxygen atoms in total. The summed E-state index contributed by atoms with van der Waals surface area (Å²) >= 11 is 1.22. The number of imide groups is 1. The van der Waals surface area contributed by atoms with Crippen molar-refractivity contribution in [3.63, 3.8) is 0 Å². The first-order chi connectivity index (χ1) is 8.56. The second-order valence-corrected chi connectivity index (χ2v) is 4.68. The molecule has 0 spiro atoms. The van der Waals surface area contributed by atoms with Gasteiger partial charge in [0.2, 0.25) is 5.91 Å². The number of carbonyl (C=O) groups is 3. The summed E-state index contributed by atoms with van der Waals surface area (Å²) in [6.45, 7) is 2.86. The lowest BCUT2D eigenvalue weighted by molar-refractivity contribution is -0.144. The van der Waals surface area contributed by atoms with Gasteiger partial charge in [0.15, 0.2) is 0 Å². The number of rotatable bonds is 6. The standard InChI is InChI=1S/C10H17N3O4S/c1-2-17-9(15)7(11)5-18-6-8(14)13-4-3-12-10(13)16/h7H,2-6,11H2,1H3,(H,12,16). The molecule has 0 aromatic heterocycles. The maximum Gasteiger partial charge on any atom is 0.324 e. The Morgan fingerprint density at radius 1 is 1.61 bits per heavy atom. The van der Waals surface area contributed by atoms with Crippen molar-refractivity contribution in [2.75, 3.05) is 31.2 Å². The summed E-state index contributed by atoms with van der Waals surface area (Å²) in [6, 6.07) is -1.11. The second-order valence-electron chi connectivity index (χ2n) is 3.65. The lowest BCUT2D eigenvalue weighted by atomic mass is 10.4. The lowest BCUT2D eigenvalue weighted by Crippen LogP contribution is -2.37. The van der Waals surface area contributed by atoms with Crippen LogP contribution in [0.2, 0.25) is 0 Å². The summed E-state index contributed by atoms with van der Waals surface area (Å²) in [7, 11) is 0. The van der Waals surface area contributed by atoms with Gasteiger partial charge in [0.05, 0.1) is 12.4 Å². The van der Waals surface area contributed by atoms with Crippen molar-refractivity contribution in [2.24, 2.45) is 5.73 Å². The van der Waals surface area contributed by atoms with E-state index in [4.69, 9.17) is 10.5 Å². The highest BCUT2D eigenvalue weighted by Gasteiger charge is 2.26. The molecular weight excluding hydrogens is 258 g/mol. The molecule has 3 amide bonds. The van der Waals surface area contributed by atoms with Gasteiger partial charge in [-0.25, -0.2) is 4.79 Å². The van der Waals surface area contributed by atoms with Crippen molar-refractivity contribution in [3.05, 3.63) is 0 Å². The average molecular weight is 275 g/mol. The van der Waals surface area contributed by atoms with Crippen LogP contribution in [0.25, 0.3) is 0 Å². The van der Waals surface area contributed by atoms with E-state index in [0.29, 0.717) is 18.8 Å². The van der Waals surface area contributed by atoms with E-state index in [9.17, 15) is 14.4 Å². The van der Waals surface area contributed by atoms with E-state index in [1.54, 1.807) is 6.92 Å². The molecule has 1 rings (SSSR count). The van der Waals surface area contributed by atoms with Crippen LogP contribution >= 0.6 is 11.8 Å². The fraction of sp³-hybridized carbons (Fsp3) is 0.700. The lowest BCUT2D eigenvalue weighted by Gasteiger charge is -2.13. The number of nitrogens with zero attached hydrogens (tertiary/aromatic N) is 1. The number of esters is 1. The Kier molecular flexibility index (Phi) is 5.93. The number of nitrogens with one attached hydrogen (secondary N) is 1. The molecule has 1 unspecified atom stereocenters. The fourth-order valence-corrected chi connectivity index (χ4v) is 2.22. The van der Waals surface area contributed by atoms with E-state index in [1.165, 1.54) is 11.8 Å². The number of thioether (sulfide) groups is 1. The van der Waals surface area contributed by atoms with E-state index >= 15 is 0 Å². The quantitative estimate of drug-likeness (QED) is 0.613. The molecule has 0 bridgehead atoms. The largest absolute Gasteiger partial charge is 0.465 e. The summed E-state index contributed by atoms with van der Waals surface area (Å²) in [5.74, 6) is -0.331. The van der Waals surface area contributed by atoms with Crippen LogP contribution in [0, 0.1) is 0 Å². The third-order valence-corrected chi connectivity index (χ3v) is 3.32. The Bertz CT molecular complexity index is 337. The Labute approximate surface area is 109 Å². The average Bonchev–Trinajstić information content (AvgIpc) is 2.75. The SMILES string of the molecule is CCOC(=O)C(N)CSCC(=O)N1CCNC1=O. The highest BCUT2D eigenvalue weighted by Crippen LogP contribution is 2.07. The van der Waals surface area contributed by atoms with E-state index in [-0.39, 0.29) is 24.3 Å². The summed E-state index contributed by atoms with van der Waals surface area (Å²) in [4.78, 5) is 35.2. The van der Waals surface area contributed by atoms with Gasteiger partial charge in [0.1, 0.15) is 6.04 Å². The molecule has 102 valence electrons. The van der Waals surface area contributed by atoms with E-state index in [2.05, 4.69) is 5.32 Å². The van der Waals surface area contributed by atoms with Crippen molar-refractivity contribution in [1.82, 2.24) is 10.2 Å². The fourth-order valence-electron chi connectivity index (χ4n) is 1.38. The van der Waals surface area contributed by atoms with Gasteiger partial charge in [-0.2, -0.15) is 0 Å². The maximum absolute atomic E-state index is 11.6. The van der Waals surface area contributed by atoms with Crippen LogP contribution in [-0.2, 0) is 14.3 Å². The third-order valence-electron chi connectivity index (χ3n) is 2.27. The highest BCUT2D eigenvalue weighted by atomic mass is 32.2. The molecule has 0 radical (unpaired) electrons. The van der Waals surface area contributed by atoms with Crippen LogP contribution in [0.4, 0.5) is 4.79 Å². The molecule has 1 atom stereocenters. The van der Waals surface area contributed by atoms with Gasteiger partial charge in [-0.05, 0) is 6.92 Å². The maximum atomic E-state index is 11.6. The van der Waals surface area contributed by atoms with Gasteiger partial charge in [0, 0.05) is 18.8 Å². The number of hydrogen-bond donors (Lipinski definition) is 2.